The molecule has 0 saturated carbocycles. The molecule has 17 heteroatoms. The number of esters is 3. The van der Waals surface area contributed by atoms with Gasteiger partial charge in [0.05, 0.1) is 44.2 Å². The Kier molecular flexibility index (Phi) is 17.2. The Morgan fingerprint density at radius 2 is 1.04 bits per heavy atom. The van der Waals surface area contributed by atoms with E-state index in [0.717, 1.165) is 29.9 Å². The Balaban J connectivity index is 1.41. The molecule has 382 valence electrons. The Hall–Kier alpha value is -7.12. The summed E-state index contributed by atoms with van der Waals surface area (Å²) in [5.41, 5.74) is 0.787. The lowest BCUT2D eigenvalue weighted by Gasteiger charge is -2.60. The molecule has 73 heavy (non-hydrogen) atoms. The number of nitrogens with one attached hydrogen (secondary N) is 1. The lowest BCUT2D eigenvalue weighted by atomic mass is 9.72. The van der Waals surface area contributed by atoms with E-state index >= 15 is 9.59 Å². The molecule has 3 aliphatic rings. The monoisotopic (exact) mass is 998 g/mol. The van der Waals surface area contributed by atoms with E-state index in [1.54, 1.807) is 12.1 Å². The van der Waals surface area contributed by atoms with Gasteiger partial charge < -0.3 is 47.9 Å². The molecule has 3 aliphatic heterocycles. The van der Waals surface area contributed by atoms with Gasteiger partial charge in [-0.15, -0.1) is 0 Å². The van der Waals surface area contributed by atoms with Crippen LogP contribution in [0.25, 0.3) is 0 Å². The highest BCUT2D eigenvalue weighted by Crippen LogP contribution is 2.48. The van der Waals surface area contributed by atoms with Gasteiger partial charge in [-0.1, -0.05) is 133 Å². The molecule has 2 saturated heterocycles. The minimum absolute atomic E-state index is 0.00308. The van der Waals surface area contributed by atoms with Crippen molar-refractivity contribution in [3.63, 3.8) is 0 Å². The van der Waals surface area contributed by atoms with Gasteiger partial charge in [0.15, 0.2) is 24.1 Å². The van der Waals surface area contributed by atoms with E-state index in [0.29, 0.717) is 11.1 Å². The topological polar surface area (TPSA) is 201 Å². The maximum atomic E-state index is 15.1. The van der Waals surface area contributed by atoms with Crippen molar-refractivity contribution in [3.05, 3.63) is 179 Å². The average Bonchev–Trinajstić information content (AvgIpc) is 3.63. The van der Waals surface area contributed by atoms with E-state index in [-0.39, 0.29) is 44.2 Å². The van der Waals surface area contributed by atoms with E-state index in [2.05, 4.69) is 5.32 Å². The zero-order valence-electron chi connectivity index (χ0n) is 40.9. The molecule has 2 fully saturated rings. The van der Waals surface area contributed by atoms with Crippen LogP contribution in [0.2, 0.25) is 0 Å². The molecule has 0 radical (unpaired) electrons. The minimum atomic E-state index is -2.20. The Morgan fingerprint density at radius 3 is 1.55 bits per heavy atom. The average molecular weight is 999 g/mol. The van der Waals surface area contributed by atoms with Crippen LogP contribution >= 0.6 is 0 Å². The third kappa shape index (κ3) is 12.2. The van der Waals surface area contributed by atoms with Crippen LogP contribution in [-0.4, -0.2) is 114 Å². The predicted molar refractivity (Wildman–Crippen MR) is 260 cm³/mol. The van der Waals surface area contributed by atoms with Gasteiger partial charge in [-0.05, 0) is 34.4 Å². The molecule has 17 nitrogen and oxygen atoms in total. The number of amides is 3. The molecule has 1 N–H and O–H groups in total. The SMILES string of the molecule is CC(=O)N[C@@H]1[C@@H](OCc2ccccc2)O[C@H](COCc2ccccc2)[C@](OCc2ccccc2)([C@@H]2O[C@H](COC(C)=O)[C@@H](OC(C)=O)[C@H](OC(C)=O)[C@@H]2N2C(=O)c3ccccc3C2=O)[C@@H]1OCc1ccccc1. The van der Waals surface area contributed by atoms with E-state index in [4.69, 9.17) is 42.6 Å². The van der Waals surface area contributed by atoms with Crippen molar-refractivity contribution in [1.82, 2.24) is 10.2 Å². The number of benzene rings is 5. The maximum Gasteiger partial charge on any atom is 0.303 e. The first-order valence-electron chi connectivity index (χ1n) is 24.0. The highest BCUT2D eigenvalue weighted by atomic mass is 16.7. The fraction of sp³-hybridized carbons (Fsp3) is 0.357. The fourth-order valence-corrected chi connectivity index (χ4v) is 9.70. The number of imide groups is 1. The maximum absolute atomic E-state index is 15.1. The number of fused-ring (bicyclic) bond motifs is 1. The number of rotatable bonds is 20. The van der Waals surface area contributed by atoms with Gasteiger partial charge in [-0.2, -0.15) is 0 Å². The van der Waals surface area contributed by atoms with Crippen molar-refractivity contribution in [2.75, 3.05) is 13.2 Å². The number of carbonyl (C=O) groups is 6. The van der Waals surface area contributed by atoms with Gasteiger partial charge >= 0.3 is 17.9 Å². The lowest BCUT2D eigenvalue weighted by Crippen LogP contribution is -2.82. The van der Waals surface area contributed by atoms with Crippen LogP contribution in [0, 0.1) is 0 Å². The normalized spacial score (nSPS) is 25.6. The number of hydrogen-bond acceptors (Lipinski definition) is 15. The van der Waals surface area contributed by atoms with E-state index < -0.39 is 103 Å². The van der Waals surface area contributed by atoms with Crippen LogP contribution in [0.4, 0.5) is 0 Å². The van der Waals surface area contributed by atoms with Crippen LogP contribution < -0.4 is 5.32 Å². The molecule has 0 bridgehead atoms. The van der Waals surface area contributed by atoms with Crippen molar-refractivity contribution < 1.29 is 71.4 Å². The molecule has 3 amide bonds. The molecule has 10 atom stereocenters. The molecule has 0 aromatic heterocycles. The Morgan fingerprint density at radius 1 is 0.562 bits per heavy atom. The first-order valence-corrected chi connectivity index (χ1v) is 24.0. The molecule has 5 aromatic rings. The number of nitrogens with zero attached hydrogens (tertiary/aromatic N) is 1. The molecule has 5 aromatic carbocycles. The van der Waals surface area contributed by atoms with Gasteiger partial charge in [-0.25, -0.2) is 0 Å². The van der Waals surface area contributed by atoms with Crippen LogP contribution in [0.1, 0.15) is 70.7 Å². The first-order chi connectivity index (χ1) is 35.3. The molecule has 3 heterocycles. The van der Waals surface area contributed by atoms with E-state index in [1.807, 2.05) is 121 Å². The summed E-state index contributed by atoms with van der Waals surface area (Å²) in [5, 5.41) is 3.03. The fourth-order valence-electron chi connectivity index (χ4n) is 9.70. The molecule has 0 unspecified atom stereocenters. The minimum Gasteiger partial charge on any atom is -0.463 e. The molecule has 8 rings (SSSR count). The second-order valence-electron chi connectivity index (χ2n) is 17.9. The number of hydrogen-bond donors (Lipinski definition) is 1. The molecule has 0 aliphatic carbocycles. The third-order valence-electron chi connectivity index (χ3n) is 12.8. The highest BCUT2D eigenvalue weighted by Gasteiger charge is 2.70. The molecular weight excluding hydrogens is 941 g/mol. The Labute approximate surface area is 422 Å². The van der Waals surface area contributed by atoms with Crippen molar-refractivity contribution >= 4 is 35.6 Å². The summed E-state index contributed by atoms with van der Waals surface area (Å²) in [5.74, 6) is -4.59. The molecular formula is C56H58N2O15. The number of ether oxygens (including phenoxy) is 9. The number of carbonyl (C=O) groups excluding carboxylic acids is 6. The van der Waals surface area contributed by atoms with Gasteiger partial charge in [0.2, 0.25) is 5.91 Å². The van der Waals surface area contributed by atoms with Crippen LogP contribution in [0.15, 0.2) is 146 Å². The summed E-state index contributed by atoms with van der Waals surface area (Å²) >= 11 is 0. The zero-order valence-corrected chi connectivity index (χ0v) is 40.9. The molecule has 0 spiro atoms. The summed E-state index contributed by atoms with van der Waals surface area (Å²) in [4.78, 5) is 84.2. The van der Waals surface area contributed by atoms with Crippen molar-refractivity contribution in [3.8, 4) is 0 Å². The standard InChI is InChI=1S/C56H58N2O15/c1-35(59)57-47-51(67-30-40-21-11-6-12-22-40)56(69-32-42-25-15-8-16-26-42,46(34-65-29-39-19-9-5-10-20-39)73-55(47)68-31-41-23-13-7-14-24-41)52-48(58-53(63)43-27-17-18-28-44(43)54(58)64)50(71-38(4)62)49(70-37(3)61)45(72-52)33-66-36(2)60/h5-28,45-52,55H,29-34H2,1-4H3,(H,57,59)/t45-,46-,47+,48+,49-,50-,51-,52-,55+,56-/m1/s1. The van der Waals surface area contributed by atoms with Crippen LogP contribution in [0.5, 0.6) is 0 Å². The third-order valence-corrected chi connectivity index (χ3v) is 12.8. The van der Waals surface area contributed by atoms with Crippen molar-refractivity contribution in [2.45, 2.75) is 115 Å². The van der Waals surface area contributed by atoms with E-state index in [9.17, 15) is 19.2 Å². The van der Waals surface area contributed by atoms with Crippen molar-refractivity contribution in [1.29, 1.82) is 0 Å². The van der Waals surface area contributed by atoms with Gasteiger partial charge in [0.1, 0.15) is 43.1 Å². The summed E-state index contributed by atoms with van der Waals surface area (Å²) < 4.78 is 60.0. The highest BCUT2D eigenvalue weighted by molar-refractivity contribution is 6.21. The second-order valence-corrected chi connectivity index (χ2v) is 17.9. The smallest absolute Gasteiger partial charge is 0.303 e. The summed E-state index contributed by atoms with van der Waals surface area (Å²) in [6, 6.07) is 40.1. The summed E-state index contributed by atoms with van der Waals surface area (Å²) in [7, 11) is 0. The zero-order chi connectivity index (χ0) is 51.5. The quantitative estimate of drug-likeness (QED) is 0.0536. The van der Waals surface area contributed by atoms with Gasteiger partial charge in [0, 0.05) is 27.7 Å². The van der Waals surface area contributed by atoms with Crippen LogP contribution in [0.3, 0.4) is 0 Å². The van der Waals surface area contributed by atoms with Crippen LogP contribution in [-0.2, 0) is 88.2 Å². The van der Waals surface area contributed by atoms with Crippen molar-refractivity contribution in [2.24, 2.45) is 0 Å². The van der Waals surface area contributed by atoms with E-state index in [1.165, 1.54) is 26.0 Å². The summed E-state index contributed by atoms with van der Waals surface area (Å²) in [6.07, 6.45) is -10.8. The second kappa shape index (κ2) is 24.1. The van der Waals surface area contributed by atoms with Gasteiger partial charge in [-0.3, -0.25) is 33.7 Å². The first kappa shape index (κ1) is 52.2. The predicted octanol–water partition coefficient (Wildman–Crippen LogP) is 6.05. The Bertz CT molecular complexity index is 2660. The lowest BCUT2D eigenvalue weighted by molar-refractivity contribution is -0.370. The van der Waals surface area contributed by atoms with Gasteiger partial charge in [0.25, 0.3) is 11.8 Å². The summed E-state index contributed by atoms with van der Waals surface area (Å²) in [6.45, 7) is 3.55. The largest absolute Gasteiger partial charge is 0.463 e.